The Morgan fingerprint density at radius 3 is 3.14 bits per heavy atom. The van der Waals surface area contributed by atoms with Crippen LogP contribution < -0.4 is 0 Å². The molecule has 4 nitrogen and oxygen atoms in total. The molecule has 0 amide bonds. The van der Waals surface area contributed by atoms with Crippen LogP contribution in [0.1, 0.15) is 17.8 Å². The van der Waals surface area contributed by atoms with Gasteiger partial charge >= 0.3 is 0 Å². The zero-order valence-corrected chi connectivity index (χ0v) is 9.36. The summed E-state index contributed by atoms with van der Waals surface area (Å²) in [7, 11) is 0. The second-order valence-corrected chi connectivity index (χ2v) is 4.18. The van der Waals surface area contributed by atoms with Crippen molar-refractivity contribution < 1.29 is 0 Å². The molecule has 0 aromatic carbocycles. The molecule has 2 rings (SSSR count). The van der Waals surface area contributed by atoms with Gasteiger partial charge in [0.05, 0.1) is 6.54 Å². The van der Waals surface area contributed by atoms with Crippen LogP contribution in [0.5, 0.6) is 0 Å². The number of thiazole rings is 1. The number of nitrogens with one attached hydrogen (secondary N) is 1. The van der Waals surface area contributed by atoms with Crippen LogP contribution in [0.4, 0.5) is 0 Å². The Morgan fingerprint density at radius 2 is 2.50 bits per heavy atom. The van der Waals surface area contributed by atoms with Gasteiger partial charge in [0.15, 0.2) is 4.77 Å². The summed E-state index contributed by atoms with van der Waals surface area (Å²) in [5.74, 6) is 0.977. The maximum absolute atomic E-state index is 5.13. The van der Waals surface area contributed by atoms with E-state index in [1.807, 2.05) is 9.95 Å². The molecule has 2 aromatic rings. The van der Waals surface area contributed by atoms with Crippen molar-refractivity contribution in [2.75, 3.05) is 0 Å². The molecule has 14 heavy (non-hydrogen) atoms. The van der Waals surface area contributed by atoms with Crippen LogP contribution in [0.25, 0.3) is 0 Å². The zero-order chi connectivity index (χ0) is 9.97. The Hall–Kier alpha value is -1.01. The fourth-order valence-corrected chi connectivity index (χ4v) is 2.07. The van der Waals surface area contributed by atoms with E-state index in [0.29, 0.717) is 4.77 Å². The Kier molecular flexibility index (Phi) is 2.74. The highest BCUT2D eigenvalue weighted by Gasteiger charge is 2.05. The van der Waals surface area contributed by atoms with Crippen LogP contribution in [-0.2, 0) is 13.0 Å². The molecule has 1 N–H and O–H groups in total. The second kappa shape index (κ2) is 4.02. The van der Waals surface area contributed by atoms with Gasteiger partial charge in [-0.1, -0.05) is 6.92 Å². The summed E-state index contributed by atoms with van der Waals surface area (Å²) in [6.07, 6.45) is 2.67. The van der Waals surface area contributed by atoms with Gasteiger partial charge in [-0.2, -0.15) is 5.10 Å². The third kappa shape index (κ3) is 1.76. The lowest BCUT2D eigenvalue weighted by Gasteiger charge is -2.01. The van der Waals surface area contributed by atoms with Crippen molar-refractivity contribution in [3.05, 3.63) is 27.2 Å². The summed E-state index contributed by atoms with van der Waals surface area (Å²) < 4.78 is 2.64. The molecule has 0 bridgehead atoms. The Morgan fingerprint density at radius 1 is 1.64 bits per heavy atom. The quantitative estimate of drug-likeness (QED) is 0.814. The van der Waals surface area contributed by atoms with E-state index in [0.717, 1.165) is 23.8 Å². The number of nitrogens with zero attached hydrogens (tertiary/aromatic N) is 3. The normalized spacial score (nSPS) is 10.6. The van der Waals surface area contributed by atoms with E-state index in [1.54, 1.807) is 17.5 Å². The lowest BCUT2D eigenvalue weighted by atomic mass is 10.4. The minimum Gasteiger partial charge on any atom is -0.297 e. The molecular weight excluding hydrogens is 216 g/mol. The third-order valence-electron chi connectivity index (χ3n) is 1.93. The predicted octanol–water partition coefficient (Wildman–Crippen LogP) is 2.01. The fraction of sp³-hybridized carbons (Fsp3) is 0.375. The molecule has 0 unspecified atom stereocenters. The number of aromatic amines is 1. The molecular formula is C8H10N4S2. The summed E-state index contributed by atoms with van der Waals surface area (Å²) in [5, 5.41) is 9.95. The summed E-state index contributed by atoms with van der Waals surface area (Å²) in [4.78, 5) is 4.22. The molecule has 0 spiro atoms. The Balaban J connectivity index is 2.32. The predicted molar refractivity (Wildman–Crippen MR) is 58.0 cm³/mol. The Labute approximate surface area is 90.6 Å². The largest absolute Gasteiger partial charge is 0.297 e. The highest BCUT2D eigenvalue weighted by molar-refractivity contribution is 7.71. The molecule has 0 aliphatic heterocycles. The smallest absolute Gasteiger partial charge is 0.195 e. The molecule has 0 aliphatic carbocycles. The van der Waals surface area contributed by atoms with Gasteiger partial charge in [0, 0.05) is 18.0 Å². The molecule has 0 atom stereocenters. The van der Waals surface area contributed by atoms with Crippen LogP contribution in [0, 0.1) is 4.77 Å². The molecule has 2 heterocycles. The molecule has 0 fully saturated rings. The number of hydrogen-bond donors (Lipinski definition) is 1. The second-order valence-electron chi connectivity index (χ2n) is 2.81. The molecule has 0 radical (unpaired) electrons. The van der Waals surface area contributed by atoms with Crippen LogP contribution in [0.3, 0.4) is 0 Å². The molecule has 0 saturated heterocycles. The minimum atomic E-state index is 0.664. The number of H-pyrrole nitrogens is 1. The van der Waals surface area contributed by atoms with Crippen LogP contribution in [0.15, 0.2) is 11.6 Å². The number of aromatic nitrogens is 4. The number of hydrogen-bond acceptors (Lipinski definition) is 4. The maximum Gasteiger partial charge on any atom is 0.195 e. The summed E-state index contributed by atoms with van der Waals surface area (Å²) in [6, 6.07) is 0. The van der Waals surface area contributed by atoms with E-state index in [4.69, 9.17) is 12.2 Å². The summed E-state index contributed by atoms with van der Waals surface area (Å²) >= 11 is 6.76. The van der Waals surface area contributed by atoms with Crippen LogP contribution in [-0.4, -0.2) is 19.7 Å². The van der Waals surface area contributed by atoms with Gasteiger partial charge in [0.1, 0.15) is 10.8 Å². The van der Waals surface area contributed by atoms with Gasteiger partial charge < -0.3 is 0 Å². The topological polar surface area (TPSA) is 46.5 Å². The van der Waals surface area contributed by atoms with Crippen molar-refractivity contribution in [3.63, 3.8) is 0 Å². The van der Waals surface area contributed by atoms with Gasteiger partial charge in [-0.3, -0.25) is 9.67 Å². The van der Waals surface area contributed by atoms with Crippen molar-refractivity contribution in [3.8, 4) is 0 Å². The van der Waals surface area contributed by atoms with Crippen molar-refractivity contribution in [1.82, 2.24) is 19.7 Å². The maximum atomic E-state index is 5.13. The third-order valence-corrected chi connectivity index (χ3v) is 3.01. The van der Waals surface area contributed by atoms with E-state index >= 15 is 0 Å². The van der Waals surface area contributed by atoms with Gasteiger partial charge in [0.25, 0.3) is 0 Å². The van der Waals surface area contributed by atoms with Crippen LogP contribution >= 0.6 is 23.6 Å². The lowest BCUT2D eigenvalue weighted by molar-refractivity contribution is 0.720. The Bertz CT molecular complexity index is 454. The first kappa shape index (κ1) is 9.54. The van der Waals surface area contributed by atoms with Crippen molar-refractivity contribution in [1.29, 1.82) is 0 Å². The van der Waals surface area contributed by atoms with E-state index in [2.05, 4.69) is 22.1 Å². The minimum absolute atomic E-state index is 0.664. The van der Waals surface area contributed by atoms with E-state index in [-0.39, 0.29) is 0 Å². The zero-order valence-electron chi connectivity index (χ0n) is 7.73. The van der Waals surface area contributed by atoms with E-state index in [1.165, 1.54) is 0 Å². The van der Waals surface area contributed by atoms with Crippen molar-refractivity contribution in [2.24, 2.45) is 0 Å². The summed E-state index contributed by atoms with van der Waals surface area (Å²) in [5.41, 5.74) is 0. The average molecular weight is 226 g/mol. The van der Waals surface area contributed by atoms with Crippen LogP contribution in [0.2, 0.25) is 0 Å². The van der Waals surface area contributed by atoms with Gasteiger partial charge in [-0.25, -0.2) is 4.98 Å². The molecule has 74 valence electrons. The summed E-state index contributed by atoms with van der Waals surface area (Å²) in [6.45, 7) is 2.78. The standard InChI is InChI=1S/C8H10N4S2/c1-2-6-10-11-8(13)12(6)5-7-9-3-4-14-7/h3-4H,2,5H2,1H3,(H,11,13). The molecule has 6 heteroatoms. The average Bonchev–Trinajstić information content (AvgIpc) is 2.79. The van der Waals surface area contributed by atoms with Gasteiger partial charge in [0.2, 0.25) is 0 Å². The number of rotatable bonds is 3. The molecule has 2 aromatic heterocycles. The van der Waals surface area contributed by atoms with Gasteiger partial charge in [-0.05, 0) is 12.2 Å². The van der Waals surface area contributed by atoms with E-state index < -0.39 is 0 Å². The first-order chi connectivity index (χ1) is 6.81. The molecule has 0 saturated carbocycles. The highest BCUT2D eigenvalue weighted by Crippen LogP contribution is 2.08. The SMILES string of the molecule is CCc1n[nH]c(=S)n1Cc1nccs1. The number of aryl methyl sites for hydroxylation is 1. The first-order valence-corrected chi connectivity index (χ1v) is 5.62. The van der Waals surface area contributed by atoms with Crippen molar-refractivity contribution in [2.45, 2.75) is 19.9 Å². The van der Waals surface area contributed by atoms with Gasteiger partial charge in [-0.15, -0.1) is 11.3 Å². The fourth-order valence-electron chi connectivity index (χ4n) is 1.25. The highest BCUT2D eigenvalue weighted by atomic mass is 32.1. The first-order valence-electron chi connectivity index (χ1n) is 4.33. The van der Waals surface area contributed by atoms with E-state index in [9.17, 15) is 0 Å². The monoisotopic (exact) mass is 226 g/mol. The molecule has 0 aliphatic rings. The lowest BCUT2D eigenvalue weighted by Crippen LogP contribution is -2.04. The van der Waals surface area contributed by atoms with Crippen molar-refractivity contribution >= 4 is 23.6 Å².